The largest absolute Gasteiger partial charge is 0.360 e. The van der Waals surface area contributed by atoms with Gasteiger partial charge in [0.25, 0.3) is 0 Å². The van der Waals surface area contributed by atoms with Gasteiger partial charge in [-0.25, -0.2) is 4.98 Å². The molecule has 0 aliphatic carbocycles. The predicted molar refractivity (Wildman–Crippen MR) is 122 cm³/mol. The van der Waals surface area contributed by atoms with E-state index < -0.39 is 0 Å². The number of aromatic nitrogens is 3. The number of para-hydroxylation sites is 1. The molecule has 0 spiro atoms. The van der Waals surface area contributed by atoms with Crippen LogP contribution in [0.4, 0.5) is 5.69 Å². The van der Waals surface area contributed by atoms with Crippen molar-refractivity contribution < 1.29 is 0 Å². The Morgan fingerprint density at radius 1 is 0.828 bits per heavy atom. The molecule has 0 saturated carbocycles. The van der Waals surface area contributed by atoms with Crippen LogP contribution in [-0.2, 0) is 0 Å². The highest BCUT2D eigenvalue weighted by atomic mass is 14.9. The van der Waals surface area contributed by atoms with E-state index in [1.54, 1.807) is 0 Å². The highest BCUT2D eigenvalue weighted by Gasteiger charge is 2.15. The van der Waals surface area contributed by atoms with Crippen molar-refractivity contribution in [3.63, 3.8) is 0 Å². The van der Waals surface area contributed by atoms with Crippen LogP contribution in [0.1, 0.15) is 6.92 Å². The fourth-order valence-electron chi connectivity index (χ4n) is 4.28. The molecule has 6 rings (SSSR count). The third kappa shape index (κ3) is 2.32. The number of aromatic amines is 2. The van der Waals surface area contributed by atoms with Crippen molar-refractivity contribution in [1.29, 1.82) is 0 Å². The van der Waals surface area contributed by atoms with Gasteiger partial charge in [-0.2, -0.15) is 0 Å². The molecule has 2 N–H and O–H groups in total. The van der Waals surface area contributed by atoms with Gasteiger partial charge in [0, 0.05) is 39.7 Å². The molecule has 29 heavy (non-hydrogen) atoms. The molecule has 2 heterocycles. The van der Waals surface area contributed by atoms with Crippen LogP contribution in [0.5, 0.6) is 0 Å². The number of rotatable bonds is 2. The van der Waals surface area contributed by atoms with Gasteiger partial charge in [0.1, 0.15) is 5.82 Å². The minimum absolute atomic E-state index is 0.880. The van der Waals surface area contributed by atoms with E-state index in [2.05, 4.69) is 75.6 Å². The zero-order valence-corrected chi connectivity index (χ0v) is 15.9. The quantitative estimate of drug-likeness (QED) is 0.256. The van der Waals surface area contributed by atoms with E-state index in [0.717, 1.165) is 44.4 Å². The molecule has 4 heteroatoms. The maximum atomic E-state index is 5.04. The Morgan fingerprint density at radius 2 is 1.62 bits per heavy atom. The maximum Gasteiger partial charge on any atom is 0.140 e. The fourth-order valence-corrected chi connectivity index (χ4v) is 4.28. The van der Waals surface area contributed by atoms with E-state index in [9.17, 15) is 0 Å². The van der Waals surface area contributed by atoms with Crippen LogP contribution in [0, 0.1) is 0 Å². The topological polar surface area (TPSA) is 56.8 Å². The molecule has 4 aromatic carbocycles. The number of nitrogens with zero attached hydrogens (tertiary/aromatic N) is 2. The van der Waals surface area contributed by atoms with E-state index in [0.29, 0.717) is 0 Å². The van der Waals surface area contributed by atoms with Crippen LogP contribution < -0.4 is 0 Å². The highest BCUT2D eigenvalue weighted by molar-refractivity contribution is 6.24. The molecular weight excluding hydrogens is 356 g/mol. The smallest absolute Gasteiger partial charge is 0.140 e. The van der Waals surface area contributed by atoms with Crippen molar-refractivity contribution >= 4 is 55.4 Å². The van der Waals surface area contributed by atoms with Gasteiger partial charge in [-0.05, 0) is 35.9 Å². The standard InChI is InChI=1S/C25H18N4/c1-2-26-15-11-12-19-20(13-15)16-7-3-4-9-18(16)23-24(19)29-25(28-23)21-14-27-22-10-6-5-8-17(21)22/h2-14,27H,1H3,(H,28,29). The first-order valence-corrected chi connectivity index (χ1v) is 9.73. The van der Waals surface area contributed by atoms with Crippen molar-refractivity contribution in [3.05, 3.63) is 72.9 Å². The second-order valence-electron chi connectivity index (χ2n) is 7.22. The number of aliphatic imine (C=N–C) groups is 1. The molecule has 0 aliphatic heterocycles. The van der Waals surface area contributed by atoms with Crippen LogP contribution in [0.15, 0.2) is 77.9 Å². The Hall–Kier alpha value is -3.92. The Labute approximate surface area is 166 Å². The predicted octanol–water partition coefficient (Wildman–Crippen LogP) is 6.74. The van der Waals surface area contributed by atoms with Crippen molar-refractivity contribution in [3.8, 4) is 11.4 Å². The van der Waals surface area contributed by atoms with Crippen molar-refractivity contribution in [1.82, 2.24) is 15.0 Å². The zero-order valence-electron chi connectivity index (χ0n) is 15.9. The van der Waals surface area contributed by atoms with E-state index in [-0.39, 0.29) is 0 Å². The number of fused-ring (bicyclic) bond motifs is 7. The molecule has 0 atom stereocenters. The lowest BCUT2D eigenvalue weighted by atomic mass is 9.99. The van der Waals surface area contributed by atoms with E-state index in [1.165, 1.54) is 16.2 Å². The third-order valence-electron chi connectivity index (χ3n) is 5.57. The first-order chi connectivity index (χ1) is 14.3. The van der Waals surface area contributed by atoms with E-state index in [4.69, 9.17) is 4.98 Å². The van der Waals surface area contributed by atoms with Crippen molar-refractivity contribution in [2.45, 2.75) is 6.92 Å². The molecule has 0 unspecified atom stereocenters. The summed E-state index contributed by atoms with van der Waals surface area (Å²) in [5.74, 6) is 0.880. The number of benzene rings is 4. The monoisotopic (exact) mass is 374 g/mol. The summed E-state index contributed by atoms with van der Waals surface area (Å²) in [5.41, 5.74) is 5.22. The Bertz CT molecular complexity index is 1570. The second kappa shape index (κ2) is 6.04. The van der Waals surface area contributed by atoms with Gasteiger partial charge in [-0.1, -0.05) is 48.5 Å². The van der Waals surface area contributed by atoms with Crippen LogP contribution in [0.3, 0.4) is 0 Å². The summed E-state index contributed by atoms with van der Waals surface area (Å²) in [4.78, 5) is 16.5. The molecule has 0 aliphatic rings. The molecule has 2 aromatic heterocycles. The van der Waals surface area contributed by atoms with E-state index in [1.807, 2.05) is 25.4 Å². The van der Waals surface area contributed by atoms with Gasteiger partial charge in [0.15, 0.2) is 0 Å². The molecular formula is C25H18N4. The van der Waals surface area contributed by atoms with E-state index >= 15 is 0 Å². The average molecular weight is 374 g/mol. The Kier molecular flexibility index (Phi) is 3.35. The lowest BCUT2D eigenvalue weighted by molar-refractivity contribution is 1.34. The number of hydrogen-bond acceptors (Lipinski definition) is 2. The summed E-state index contributed by atoms with van der Waals surface area (Å²) < 4.78 is 0. The normalized spacial score (nSPS) is 12.2. The number of imidazole rings is 1. The number of hydrogen-bond donors (Lipinski definition) is 2. The maximum absolute atomic E-state index is 5.04. The first kappa shape index (κ1) is 16.1. The van der Waals surface area contributed by atoms with Gasteiger partial charge in [0.2, 0.25) is 0 Å². The summed E-state index contributed by atoms with van der Waals surface area (Å²) in [6.07, 6.45) is 3.86. The van der Waals surface area contributed by atoms with Crippen LogP contribution in [0.25, 0.3) is 54.9 Å². The van der Waals surface area contributed by atoms with Crippen molar-refractivity contribution in [2.24, 2.45) is 4.99 Å². The summed E-state index contributed by atoms with van der Waals surface area (Å²) in [5, 5.41) is 5.85. The molecule has 6 aromatic rings. The first-order valence-electron chi connectivity index (χ1n) is 9.73. The minimum atomic E-state index is 0.880. The van der Waals surface area contributed by atoms with Crippen LogP contribution in [-0.4, -0.2) is 21.2 Å². The molecule has 0 fully saturated rings. The minimum Gasteiger partial charge on any atom is -0.360 e. The summed E-state index contributed by atoms with van der Waals surface area (Å²) in [7, 11) is 0. The van der Waals surface area contributed by atoms with Gasteiger partial charge in [-0.3, -0.25) is 4.99 Å². The zero-order chi connectivity index (χ0) is 19.4. The van der Waals surface area contributed by atoms with Gasteiger partial charge in [-0.15, -0.1) is 0 Å². The third-order valence-corrected chi connectivity index (χ3v) is 5.57. The Balaban J connectivity index is 1.73. The fraction of sp³-hybridized carbons (Fsp3) is 0.0400. The van der Waals surface area contributed by atoms with Gasteiger partial charge in [0.05, 0.1) is 16.7 Å². The average Bonchev–Trinajstić information content (AvgIpc) is 3.39. The lowest BCUT2D eigenvalue weighted by Crippen LogP contribution is -1.82. The molecule has 0 saturated heterocycles. The highest BCUT2D eigenvalue weighted by Crippen LogP contribution is 2.37. The lowest BCUT2D eigenvalue weighted by Gasteiger charge is -2.06. The van der Waals surface area contributed by atoms with Gasteiger partial charge >= 0.3 is 0 Å². The summed E-state index contributed by atoms with van der Waals surface area (Å²) in [6, 6.07) is 23.1. The number of nitrogens with one attached hydrogen (secondary N) is 2. The molecule has 0 bridgehead atoms. The molecule has 4 nitrogen and oxygen atoms in total. The molecule has 0 radical (unpaired) electrons. The van der Waals surface area contributed by atoms with Gasteiger partial charge < -0.3 is 9.97 Å². The van der Waals surface area contributed by atoms with Crippen LogP contribution >= 0.6 is 0 Å². The second-order valence-corrected chi connectivity index (χ2v) is 7.22. The van der Waals surface area contributed by atoms with Crippen molar-refractivity contribution in [2.75, 3.05) is 0 Å². The summed E-state index contributed by atoms with van der Waals surface area (Å²) in [6.45, 7) is 1.94. The number of H-pyrrole nitrogens is 2. The van der Waals surface area contributed by atoms with Crippen LogP contribution in [0.2, 0.25) is 0 Å². The Morgan fingerprint density at radius 3 is 2.48 bits per heavy atom. The molecule has 0 amide bonds. The SMILES string of the molecule is CC=Nc1ccc2c(c1)c1ccccc1c1nc(-c3c[nH]c4ccccc34)[nH]c21. The summed E-state index contributed by atoms with van der Waals surface area (Å²) >= 11 is 0. The molecule has 138 valence electrons.